The minimum absolute atomic E-state index is 0.311. The number of aliphatic carboxylic acids is 1. The molecule has 0 spiro atoms. The molecule has 2 aromatic carbocycles. The van der Waals surface area contributed by atoms with Gasteiger partial charge in [0.05, 0.1) is 6.10 Å². The van der Waals surface area contributed by atoms with E-state index in [9.17, 15) is 50.1 Å². The third-order valence-electron chi connectivity index (χ3n) is 5.57. The molecular formula is C25H24O12. The molecular weight excluding hydrogens is 492 g/mol. The normalized spacial score (nSPS) is 23.7. The Morgan fingerprint density at radius 3 is 1.73 bits per heavy atom. The monoisotopic (exact) mass is 516 g/mol. The first kappa shape index (κ1) is 27.0. The summed E-state index contributed by atoms with van der Waals surface area (Å²) < 4.78 is 10.4. The smallest absolute Gasteiger partial charge is 0.335 e. The van der Waals surface area contributed by atoms with Gasteiger partial charge in [0.15, 0.2) is 34.7 Å². The predicted octanol–water partition coefficient (Wildman–Crippen LogP) is 1.03. The first-order chi connectivity index (χ1) is 17.4. The van der Waals surface area contributed by atoms with Crippen molar-refractivity contribution in [1.82, 2.24) is 0 Å². The Labute approximate surface area is 209 Å². The summed E-state index contributed by atoms with van der Waals surface area (Å²) in [4.78, 5) is 36.3. The highest BCUT2D eigenvalue weighted by molar-refractivity contribution is 5.88. The second-order valence-electron chi connectivity index (χ2n) is 8.35. The van der Waals surface area contributed by atoms with Crippen LogP contribution < -0.4 is 0 Å². The number of aromatic hydroxyl groups is 4. The quantitative estimate of drug-likeness (QED) is 0.156. The second-order valence-corrected chi connectivity index (χ2v) is 8.35. The van der Waals surface area contributed by atoms with Gasteiger partial charge < -0.3 is 45.2 Å². The van der Waals surface area contributed by atoms with Gasteiger partial charge in [-0.05, 0) is 47.5 Å². The summed E-state index contributed by atoms with van der Waals surface area (Å²) in [5.41, 5.74) is -1.82. The number of carboxylic acid groups (broad SMARTS) is 1. The fourth-order valence-electron chi connectivity index (χ4n) is 3.66. The fourth-order valence-corrected chi connectivity index (χ4v) is 3.66. The number of hydrogen-bond acceptors (Lipinski definition) is 11. The van der Waals surface area contributed by atoms with Gasteiger partial charge in [0.2, 0.25) is 0 Å². The number of hydrogen-bond donors (Lipinski definition) is 7. The van der Waals surface area contributed by atoms with Gasteiger partial charge in [-0.1, -0.05) is 12.1 Å². The van der Waals surface area contributed by atoms with E-state index >= 15 is 0 Å². The Hall–Kier alpha value is -4.55. The first-order valence-corrected chi connectivity index (χ1v) is 10.8. The molecule has 1 fully saturated rings. The molecule has 0 unspecified atom stereocenters. The van der Waals surface area contributed by atoms with Gasteiger partial charge >= 0.3 is 17.9 Å². The second kappa shape index (κ2) is 11.0. The number of benzene rings is 2. The highest BCUT2D eigenvalue weighted by Gasteiger charge is 2.52. The van der Waals surface area contributed by atoms with Gasteiger partial charge in [-0.2, -0.15) is 0 Å². The number of esters is 2. The van der Waals surface area contributed by atoms with E-state index in [1.165, 1.54) is 42.5 Å². The molecule has 0 heterocycles. The van der Waals surface area contributed by atoms with E-state index in [0.29, 0.717) is 11.1 Å². The van der Waals surface area contributed by atoms with Crippen molar-refractivity contribution in [3.63, 3.8) is 0 Å². The summed E-state index contributed by atoms with van der Waals surface area (Å²) in [6, 6.07) is 7.50. The zero-order valence-electron chi connectivity index (χ0n) is 19.1. The molecule has 0 radical (unpaired) electrons. The fraction of sp³-hybridized carbons (Fsp3) is 0.240. The van der Waals surface area contributed by atoms with Crippen LogP contribution in [-0.4, -0.2) is 77.6 Å². The Kier molecular flexibility index (Phi) is 8.05. The molecule has 0 aromatic heterocycles. The molecule has 0 saturated heterocycles. The molecule has 7 N–H and O–H groups in total. The van der Waals surface area contributed by atoms with Crippen molar-refractivity contribution >= 4 is 30.1 Å². The number of ether oxygens (including phenoxy) is 2. The van der Waals surface area contributed by atoms with Gasteiger partial charge in [-0.15, -0.1) is 0 Å². The molecule has 12 heteroatoms. The van der Waals surface area contributed by atoms with E-state index in [0.717, 1.165) is 18.2 Å². The van der Waals surface area contributed by atoms with Gasteiger partial charge in [0.25, 0.3) is 0 Å². The molecule has 0 amide bonds. The van der Waals surface area contributed by atoms with Crippen LogP contribution in [0, 0.1) is 0 Å². The number of carboxylic acids is 1. The van der Waals surface area contributed by atoms with E-state index in [1.54, 1.807) is 0 Å². The lowest BCUT2D eigenvalue weighted by molar-refractivity contribution is -0.204. The summed E-state index contributed by atoms with van der Waals surface area (Å²) in [5, 5.41) is 68.0. The minimum atomic E-state index is -2.46. The molecule has 196 valence electrons. The van der Waals surface area contributed by atoms with Crippen LogP contribution in [0.15, 0.2) is 48.6 Å². The van der Waals surface area contributed by atoms with Gasteiger partial charge in [0.1, 0.15) is 6.10 Å². The standard InChI is InChI=1S/C25H24O12/c26-15-5-1-13(9-17(15)28)3-7-21(31)36-20-12-25(35,24(33)34)11-19(30)23(20)37-22(32)8-4-14-2-6-16(27)18(29)10-14/h1-10,19-20,23,26-30,35H,11-12H2,(H,33,34)/t19-,20-,23+,25-/m0/s1. The van der Waals surface area contributed by atoms with Crippen LogP contribution in [-0.2, 0) is 23.9 Å². The first-order valence-electron chi connectivity index (χ1n) is 10.8. The number of rotatable bonds is 7. The summed E-state index contributed by atoms with van der Waals surface area (Å²) in [7, 11) is 0. The zero-order valence-corrected chi connectivity index (χ0v) is 19.1. The average Bonchev–Trinajstić information content (AvgIpc) is 2.82. The number of carbonyl (C=O) groups excluding carboxylic acids is 2. The van der Waals surface area contributed by atoms with Crippen molar-refractivity contribution in [2.75, 3.05) is 0 Å². The van der Waals surface area contributed by atoms with E-state index in [-0.39, 0.29) is 11.5 Å². The van der Waals surface area contributed by atoms with Gasteiger partial charge in [-0.3, -0.25) is 0 Å². The number of aliphatic hydroxyl groups is 2. The van der Waals surface area contributed by atoms with Crippen molar-refractivity contribution in [3.8, 4) is 23.0 Å². The van der Waals surface area contributed by atoms with Crippen LogP contribution in [0.5, 0.6) is 23.0 Å². The molecule has 0 bridgehead atoms. The Balaban J connectivity index is 1.75. The van der Waals surface area contributed by atoms with Crippen LogP contribution >= 0.6 is 0 Å². The average molecular weight is 516 g/mol. The van der Waals surface area contributed by atoms with Crippen LogP contribution in [0.1, 0.15) is 24.0 Å². The third kappa shape index (κ3) is 6.78. The van der Waals surface area contributed by atoms with Crippen molar-refractivity contribution in [1.29, 1.82) is 0 Å². The molecule has 1 saturated carbocycles. The number of phenolic OH excluding ortho intramolecular Hbond substituents is 4. The van der Waals surface area contributed by atoms with Crippen molar-refractivity contribution in [2.24, 2.45) is 0 Å². The van der Waals surface area contributed by atoms with Crippen molar-refractivity contribution in [3.05, 3.63) is 59.7 Å². The predicted molar refractivity (Wildman–Crippen MR) is 125 cm³/mol. The van der Waals surface area contributed by atoms with Gasteiger partial charge in [-0.25, -0.2) is 14.4 Å². The van der Waals surface area contributed by atoms with E-state index in [1.807, 2.05) is 0 Å². The SMILES string of the molecule is O=C(C=Cc1ccc(O)c(O)c1)O[C@H]1[C@@H](OC(=O)C=Cc2ccc(O)c(O)c2)C[C@](O)(C(=O)O)C[C@@H]1O. The topological polar surface area (TPSA) is 211 Å². The summed E-state index contributed by atoms with van der Waals surface area (Å²) in [6.45, 7) is 0. The lowest BCUT2D eigenvalue weighted by Gasteiger charge is -2.40. The number of carbonyl (C=O) groups is 3. The molecule has 0 aliphatic heterocycles. The third-order valence-corrected chi connectivity index (χ3v) is 5.57. The number of aliphatic hydroxyl groups excluding tert-OH is 1. The zero-order chi connectivity index (χ0) is 27.3. The summed E-state index contributed by atoms with van der Waals surface area (Å²) in [6.07, 6.45) is -1.86. The van der Waals surface area contributed by atoms with E-state index < -0.39 is 66.2 Å². The maximum Gasteiger partial charge on any atom is 0.335 e. The summed E-state index contributed by atoms with van der Waals surface area (Å²) in [5.74, 6) is -5.29. The molecule has 37 heavy (non-hydrogen) atoms. The van der Waals surface area contributed by atoms with E-state index in [2.05, 4.69) is 0 Å². The Bertz CT molecular complexity index is 1250. The molecule has 1 aliphatic carbocycles. The lowest BCUT2D eigenvalue weighted by atomic mass is 9.79. The van der Waals surface area contributed by atoms with Crippen LogP contribution in [0.2, 0.25) is 0 Å². The highest BCUT2D eigenvalue weighted by atomic mass is 16.6. The Morgan fingerprint density at radius 1 is 0.784 bits per heavy atom. The van der Waals surface area contributed by atoms with Crippen LogP contribution in [0.25, 0.3) is 12.2 Å². The maximum atomic E-state index is 12.4. The number of phenols is 4. The van der Waals surface area contributed by atoms with Crippen molar-refractivity contribution < 1.29 is 59.6 Å². The molecule has 3 rings (SSSR count). The van der Waals surface area contributed by atoms with Crippen LogP contribution in [0.4, 0.5) is 0 Å². The minimum Gasteiger partial charge on any atom is -0.504 e. The Morgan fingerprint density at radius 2 is 1.27 bits per heavy atom. The molecule has 1 aliphatic rings. The van der Waals surface area contributed by atoms with Crippen molar-refractivity contribution in [2.45, 2.75) is 36.8 Å². The lowest BCUT2D eigenvalue weighted by Crippen LogP contribution is -2.58. The summed E-state index contributed by atoms with van der Waals surface area (Å²) >= 11 is 0. The van der Waals surface area contributed by atoms with E-state index in [4.69, 9.17) is 9.47 Å². The maximum absolute atomic E-state index is 12.4. The van der Waals surface area contributed by atoms with Crippen LogP contribution in [0.3, 0.4) is 0 Å². The molecule has 4 atom stereocenters. The largest absolute Gasteiger partial charge is 0.504 e. The highest BCUT2D eigenvalue weighted by Crippen LogP contribution is 2.33. The molecule has 12 nitrogen and oxygen atoms in total. The van der Waals surface area contributed by atoms with Gasteiger partial charge in [0, 0.05) is 25.0 Å². The molecule has 2 aromatic rings.